The van der Waals surface area contributed by atoms with Crippen LogP contribution in [0.15, 0.2) is 0 Å². The Morgan fingerprint density at radius 1 is 1.29 bits per heavy atom. The third kappa shape index (κ3) is 2.99. The molecule has 0 aliphatic carbocycles. The minimum Gasteiger partial charge on any atom is -0.379 e. The van der Waals surface area contributed by atoms with Crippen LogP contribution in [0.25, 0.3) is 0 Å². The predicted molar refractivity (Wildman–Crippen MR) is 70.3 cm³/mol. The highest BCUT2D eigenvalue weighted by atomic mass is 16.5. The normalized spacial score (nSPS) is 35.3. The topological polar surface area (TPSA) is 27.7 Å². The molecule has 0 radical (unpaired) electrons. The van der Waals surface area contributed by atoms with Crippen LogP contribution in [0.3, 0.4) is 0 Å². The second-order valence-corrected chi connectivity index (χ2v) is 6.16. The average Bonchev–Trinajstić information content (AvgIpc) is 2.70. The molecular formula is C13H27N3O. The molecule has 0 aromatic rings. The van der Waals surface area contributed by atoms with Crippen LogP contribution in [0.2, 0.25) is 0 Å². The van der Waals surface area contributed by atoms with Gasteiger partial charge in [-0.25, -0.2) is 0 Å². The molecule has 2 atom stereocenters. The Balaban J connectivity index is 1.87. The molecule has 0 aromatic heterocycles. The lowest BCUT2D eigenvalue weighted by atomic mass is 9.97. The molecule has 0 spiro atoms. The van der Waals surface area contributed by atoms with Gasteiger partial charge in [0, 0.05) is 43.7 Å². The van der Waals surface area contributed by atoms with Gasteiger partial charge in [-0.15, -0.1) is 0 Å². The summed E-state index contributed by atoms with van der Waals surface area (Å²) in [7, 11) is 4.27. The first-order valence-corrected chi connectivity index (χ1v) is 6.71. The predicted octanol–water partition coefficient (Wildman–Crippen LogP) is 0.247. The summed E-state index contributed by atoms with van der Waals surface area (Å²) >= 11 is 0. The largest absolute Gasteiger partial charge is 0.379 e. The maximum absolute atomic E-state index is 5.58. The molecule has 2 fully saturated rings. The second kappa shape index (κ2) is 5.22. The Morgan fingerprint density at radius 2 is 2.06 bits per heavy atom. The zero-order valence-electron chi connectivity index (χ0n) is 11.7. The van der Waals surface area contributed by atoms with Gasteiger partial charge in [0.15, 0.2) is 0 Å². The Morgan fingerprint density at radius 3 is 2.71 bits per heavy atom. The van der Waals surface area contributed by atoms with Crippen molar-refractivity contribution in [3.05, 3.63) is 0 Å². The average molecular weight is 241 g/mol. The molecule has 100 valence electrons. The van der Waals surface area contributed by atoms with Gasteiger partial charge in [-0.1, -0.05) is 0 Å². The highest BCUT2D eigenvalue weighted by Gasteiger charge is 2.34. The van der Waals surface area contributed by atoms with Crippen LogP contribution in [0.1, 0.15) is 13.8 Å². The van der Waals surface area contributed by atoms with E-state index in [0.717, 1.165) is 19.8 Å². The van der Waals surface area contributed by atoms with E-state index < -0.39 is 0 Å². The molecule has 2 saturated heterocycles. The lowest BCUT2D eigenvalue weighted by molar-refractivity contribution is 0.0297. The molecule has 4 heteroatoms. The van der Waals surface area contributed by atoms with E-state index in [1.165, 1.54) is 19.6 Å². The molecule has 2 aliphatic heterocycles. The number of hydrogen-bond acceptors (Lipinski definition) is 4. The van der Waals surface area contributed by atoms with Crippen LogP contribution in [-0.2, 0) is 4.74 Å². The number of ether oxygens (including phenoxy) is 1. The fraction of sp³-hybridized carbons (Fsp3) is 1.00. The first-order chi connectivity index (χ1) is 8.03. The summed E-state index contributed by atoms with van der Waals surface area (Å²) < 4.78 is 5.58. The van der Waals surface area contributed by atoms with Crippen LogP contribution in [0.4, 0.5) is 0 Å². The molecule has 2 heterocycles. The van der Waals surface area contributed by atoms with Gasteiger partial charge in [-0.3, -0.25) is 9.80 Å². The molecule has 0 bridgehead atoms. The van der Waals surface area contributed by atoms with E-state index in [4.69, 9.17) is 4.74 Å². The summed E-state index contributed by atoms with van der Waals surface area (Å²) in [6.07, 6.45) is 0. The highest BCUT2D eigenvalue weighted by molar-refractivity contribution is 4.91. The lowest BCUT2D eigenvalue weighted by Gasteiger charge is -2.46. The number of hydrogen-bond donors (Lipinski definition) is 1. The summed E-state index contributed by atoms with van der Waals surface area (Å²) in [5.41, 5.74) is 0.298. The van der Waals surface area contributed by atoms with Crippen molar-refractivity contribution in [2.24, 2.45) is 5.92 Å². The van der Waals surface area contributed by atoms with Crippen molar-refractivity contribution in [1.82, 2.24) is 15.1 Å². The third-order valence-corrected chi connectivity index (χ3v) is 4.46. The lowest BCUT2D eigenvalue weighted by Crippen LogP contribution is -2.58. The van der Waals surface area contributed by atoms with Crippen LogP contribution < -0.4 is 5.32 Å². The van der Waals surface area contributed by atoms with Gasteiger partial charge < -0.3 is 10.1 Å². The standard InChI is InChI=1S/C13H27N3O/c1-13(2)10-16(6-5-15(13)4)7-11-8-17-9-12(11)14-3/h11-12,14H,5-10H2,1-4H3. The van der Waals surface area contributed by atoms with E-state index in [2.05, 4.69) is 36.0 Å². The summed E-state index contributed by atoms with van der Waals surface area (Å²) in [6.45, 7) is 11.1. The summed E-state index contributed by atoms with van der Waals surface area (Å²) in [5.74, 6) is 0.652. The van der Waals surface area contributed by atoms with E-state index in [-0.39, 0.29) is 0 Å². The maximum Gasteiger partial charge on any atom is 0.0623 e. The Labute approximate surface area is 105 Å². The smallest absolute Gasteiger partial charge is 0.0623 e. The fourth-order valence-corrected chi connectivity index (χ4v) is 2.93. The van der Waals surface area contributed by atoms with E-state index in [0.29, 0.717) is 17.5 Å². The first kappa shape index (κ1) is 13.3. The van der Waals surface area contributed by atoms with Crippen molar-refractivity contribution in [3.63, 3.8) is 0 Å². The van der Waals surface area contributed by atoms with Crippen molar-refractivity contribution >= 4 is 0 Å². The summed E-state index contributed by atoms with van der Waals surface area (Å²) in [5, 5.41) is 3.37. The van der Waals surface area contributed by atoms with Crippen LogP contribution in [-0.4, -0.2) is 74.9 Å². The quantitative estimate of drug-likeness (QED) is 0.766. The van der Waals surface area contributed by atoms with Gasteiger partial charge in [0.1, 0.15) is 0 Å². The van der Waals surface area contributed by atoms with Gasteiger partial charge in [-0.2, -0.15) is 0 Å². The number of nitrogens with zero attached hydrogens (tertiary/aromatic N) is 2. The fourth-order valence-electron chi connectivity index (χ4n) is 2.93. The number of likely N-dealkylation sites (N-methyl/N-ethyl adjacent to an activating group) is 2. The SMILES string of the molecule is CNC1COCC1CN1CCN(C)C(C)(C)C1. The van der Waals surface area contributed by atoms with Crippen molar-refractivity contribution < 1.29 is 4.74 Å². The van der Waals surface area contributed by atoms with Crippen molar-refractivity contribution in [2.45, 2.75) is 25.4 Å². The van der Waals surface area contributed by atoms with Crippen molar-refractivity contribution in [2.75, 3.05) is 53.5 Å². The van der Waals surface area contributed by atoms with Crippen molar-refractivity contribution in [3.8, 4) is 0 Å². The molecule has 4 nitrogen and oxygen atoms in total. The minimum absolute atomic E-state index is 0.298. The summed E-state index contributed by atoms with van der Waals surface area (Å²) in [6, 6.07) is 0.540. The zero-order chi connectivity index (χ0) is 12.5. The van der Waals surface area contributed by atoms with Crippen LogP contribution in [0.5, 0.6) is 0 Å². The zero-order valence-corrected chi connectivity index (χ0v) is 11.7. The third-order valence-electron chi connectivity index (χ3n) is 4.46. The van der Waals surface area contributed by atoms with Gasteiger partial charge in [0.25, 0.3) is 0 Å². The van der Waals surface area contributed by atoms with E-state index in [9.17, 15) is 0 Å². The Hall–Kier alpha value is -0.160. The molecule has 0 aromatic carbocycles. The molecule has 2 unspecified atom stereocenters. The monoisotopic (exact) mass is 241 g/mol. The number of rotatable bonds is 3. The van der Waals surface area contributed by atoms with E-state index in [1.54, 1.807) is 0 Å². The summed E-state index contributed by atoms with van der Waals surface area (Å²) in [4.78, 5) is 5.06. The van der Waals surface area contributed by atoms with E-state index in [1.807, 2.05) is 7.05 Å². The molecule has 2 aliphatic rings. The van der Waals surface area contributed by atoms with Gasteiger partial charge in [0.05, 0.1) is 13.2 Å². The van der Waals surface area contributed by atoms with Crippen molar-refractivity contribution in [1.29, 1.82) is 0 Å². The molecule has 0 amide bonds. The van der Waals surface area contributed by atoms with Crippen LogP contribution in [0, 0.1) is 5.92 Å². The van der Waals surface area contributed by atoms with Crippen LogP contribution >= 0.6 is 0 Å². The number of piperazine rings is 1. The van der Waals surface area contributed by atoms with Gasteiger partial charge in [-0.05, 0) is 27.9 Å². The first-order valence-electron chi connectivity index (χ1n) is 6.71. The number of nitrogens with one attached hydrogen (secondary N) is 1. The van der Waals surface area contributed by atoms with Gasteiger partial charge >= 0.3 is 0 Å². The molecule has 17 heavy (non-hydrogen) atoms. The second-order valence-electron chi connectivity index (χ2n) is 6.16. The Kier molecular flexibility index (Phi) is 4.08. The minimum atomic E-state index is 0.298. The van der Waals surface area contributed by atoms with Gasteiger partial charge in [0.2, 0.25) is 0 Å². The molecule has 1 N–H and O–H groups in total. The van der Waals surface area contributed by atoms with E-state index >= 15 is 0 Å². The highest BCUT2D eigenvalue weighted by Crippen LogP contribution is 2.22. The molecule has 0 saturated carbocycles. The Bertz CT molecular complexity index is 257. The molecule has 2 rings (SSSR count). The molecular weight excluding hydrogens is 214 g/mol. The maximum atomic E-state index is 5.58.